The van der Waals surface area contributed by atoms with E-state index in [0.29, 0.717) is 19.3 Å². The van der Waals surface area contributed by atoms with Crippen LogP contribution in [0.5, 0.6) is 0 Å². The summed E-state index contributed by atoms with van der Waals surface area (Å²) in [7, 11) is 1.40. The van der Waals surface area contributed by atoms with Gasteiger partial charge in [0.15, 0.2) is 5.78 Å². The van der Waals surface area contributed by atoms with E-state index in [1.54, 1.807) is 0 Å². The van der Waals surface area contributed by atoms with Gasteiger partial charge in [0.2, 0.25) is 0 Å². The molecule has 4 atom stereocenters. The van der Waals surface area contributed by atoms with Crippen LogP contribution in [0.2, 0.25) is 0 Å². The molecular weight excluding hydrogens is 316 g/mol. The molecule has 1 N–H and O–H groups in total. The van der Waals surface area contributed by atoms with E-state index in [9.17, 15) is 14.7 Å². The number of aliphatic hydroxyl groups is 1. The summed E-state index contributed by atoms with van der Waals surface area (Å²) in [5.41, 5.74) is -1.72. The molecule has 0 amide bonds. The first kappa shape index (κ1) is 18.9. The summed E-state index contributed by atoms with van der Waals surface area (Å²) in [6.45, 7) is 0. The Morgan fingerprint density at radius 3 is 2.24 bits per heavy atom. The number of rotatable bonds is 1. The number of carbonyl (C=O) groups excluding carboxylic acids is 2. The third-order valence-electron chi connectivity index (χ3n) is 7.40. The van der Waals surface area contributed by atoms with Gasteiger partial charge < -0.3 is 9.84 Å². The lowest BCUT2D eigenvalue weighted by Crippen LogP contribution is -2.61. The van der Waals surface area contributed by atoms with Gasteiger partial charge in [0, 0.05) is 0 Å². The summed E-state index contributed by atoms with van der Waals surface area (Å²) in [6.07, 6.45) is 12.6. The lowest BCUT2D eigenvalue weighted by atomic mass is 9.48. The van der Waals surface area contributed by atoms with Crippen LogP contribution in [0, 0.1) is 16.7 Å². The summed E-state index contributed by atoms with van der Waals surface area (Å²) < 4.78 is 5.13. The third-order valence-corrected chi connectivity index (χ3v) is 7.40. The molecule has 0 aromatic carbocycles. The maximum atomic E-state index is 13.9. The van der Waals surface area contributed by atoms with Crippen molar-refractivity contribution in [3.05, 3.63) is 0 Å². The molecule has 3 aliphatic carbocycles. The average Bonchev–Trinajstić information content (AvgIpc) is 2.62. The van der Waals surface area contributed by atoms with Crippen LogP contribution < -0.4 is 0 Å². The number of Topliss-reactive ketones (excluding diaryl/α,β-unsaturated/α-hetero) is 1. The fourth-order valence-electron chi connectivity index (χ4n) is 6.01. The topological polar surface area (TPSA) is 63.6 Å². The highest BCUT2D eigenvalue weighted by atomic mass is 16.5. The molecule has 1 spiro atoms. The monoisotopic (exact) mass is 350 g/mol. The van der Waals surface area contributed by atoms with Crippen LogP contribution in [-0.2, 0) is 14.3 Å². The molecule has 4 nitrogen and oxygen atoms in total. The number of ether oxygens (including phenoxy) is 1. The molecule has 0 radical (unpaired) electrons. The van der Waals surface area contributed by atoms with E-state index in [-0.39, 0.29) is 17.7 Å². The van der Waals surface area contributed by atoms with Gasteiger partial charge in [-0.15, -0.1) is 0 Å². The van der Waals surface area contributed by atoms with Crippen molar-refractivity contribution in [1.29, 1.82) is 0 Å². The number of fused-ring (bicyclic) bond motifs is 1. The molecular formula is C21H34O4. The molecule has 0 aliphatic heterocycles. The molecule has 25 heavy (non-hydrogen) atoms. The maximum absolute atomic E-state index is 13.9. The molecule has 3 aliphatic rings. The Hall–Kier alpha value is -0.900. The van der Waals surface area contributed by atoms with E-state index in [1.165, 1.54) is 26.4 Å². The molecule has 3 saturated carbocycles. The van der Waals surface area contributed by atoms with E-state index in [0.717, 1.165) is 51.4 Å². The highest BCUT2D eigenvalue weighted by molar-refractivity contribution is 6.07. The van der Waals surface area contributed by atoms with Gasteiger partial charge in [-0.2, -0.15) is 0 Å². The predicted molar refractivity (Wildman–Crippen MR) is 96.0 cm³/mol. The Bertz CT molecular complexity index is 502. The fourth-order valence-corrected chi connectivity index (χ4v) is 6.01. The van der Waals surface area contributed by atoms with E-state index >= 15 is 0 Å². The molecule has 3 fully saturated rings. The first-order chi connectivity index (χ1) is 12.1. The van der Waals surface area contributed by atoms with Crippen molar-refractivity contribution in [3.8, 4) is 0 Å². The molecule has 2 bridgehead atoms. The first-order valence-electron chi connectivity index (χ1n) is 10.4. The second-order valence-electron chi connectivity index (χ2n) is 8.60. The van der Waals surface area contributed by atoms with Crippen LogP contribution in [0.3, 0.4) is 0 Å². The second kappa shape index (κ2) is 7.77. The quantitative estimate of drug-likeness (QED) is 0.569. The number of hydrogen-bond donors (Lipinski definition) is 1. The van der Waals surface area contributed by atoms with Crippen LogP contribution in [0.1, 0.15) is 89.9 Å². The zero-order valence-corrected chi connectivity index (χ0v) is 15.7. The highest BCUT2D eigenvalue weighted by Crippen LogP contribution is 2.58. The molecule has 0 aromatic heterocycles. The standard InChI is InChI=1S/C21H34O4/c1-25-19(24)20-13-7-5-3-2-4-6-8-14-21(18(20)23)16(12-15-20)10-9-11-17(21)22/h16-17,22H,2-15H2,1H3/t16-,17+,20+,21+/m1/s1. The van der Waals surface area contributed by atoms with Gasteiger partial charge in [0.25, 0.3) is 0 Å². The van der Waals surface area contributed by atoms with Gasteiger partial charge in [0.05, 0.1) is 18.6 Å². The van der Waals surface area contributed by atoms with Crippen LogP contribution in [0.4, 0.5) is 0 Å². The van der Waals surface area contributed by atoms with Gasteiger partial charge in [-0.3, -0.25) is 9.59 Å². The maximum Gasteiger partial charge on any atom is 0.319 e. The number of hydrogen-bond acceptors (Lipinski definition) is 4. The minimum absolute atomic E-state index is 0.0240. The smallest absolute Gasteiger partial charge is 0.319 e. The Kier molecular flexibility index (Phi) is 5.87. The van der Waals surface area contributed by atoms with Gasteiger partial charge in [-0.25, -0.2) is 0 Å². The van der Waals surface area contributed by atoms with Crippen LogP contribution in [0.25, 0.3) is 0 Å². The summed E-state index contributed by atoms with van der Waals surface area (Å²) >= 11 is 0. The lowest BCUT2D eigenvalue weighted by molar-refractivity contribution is -0.180. The van der Waals surface area contributed by atoms with Crippen molar-refractivity contribution in [2.75, 3.05) is 7.11 Å². The number of ketones is 1. The highest BCUT2D eigenvalue weighted by Gasteiger charge is 2.63. The Morgan fingerprint density at radius 1 is 0.920 bits per heavy atom. The molecule has 0 heterocycles. The molecule has 0 saturated heterocycles. The zero-order chi connectivity index (χ0) is 17.9. The van der Waals surface area contributed by atoms with Gasteiger partial charge in [-0.05, 0) is 44.4 Å². The molecule has 0 aromatic rings. The van der Waals surface area contributed by atoms with Crippen molar-refractivity contribution in [2.24, 2.45) is 16.7 Å². The van der Waals surface area contributed by atoms with Crippen LogP contribution >= 0.6 is 0 Å². The zero-order valence-electron chi connectivity index (χ0n) is 15.7. The summed E-state index contributed by atoms with van der Waals surface area (Å²) in [5, 5.41) is 11.0. The number of methoxy groups -OCH3 is 1. The SMILES string of the molecule is COC(=O)[C@]12CCCCCCCCC[C@]3(C1=O)[C@H](CCC[C@@H]3O)CC2. The fraction of sp³-hybridized carbons (Fsp3) is 0.905. The lowest BCUT2D eigenvalue weighted by Gasteiger charge is -2.54. The normalized spacial score (nSPS) is 40.3. The summed E-state index contributed by atoms with van der Waals surface area (Å²) in [6, 6.07) is 0. The third kappa shape index (κ3) is 3.15. The molecule has 142 valence electrons. The second-order valence-corrected chi connectivity index (χ2v) is 8.60. The van der Waals surface area contributed by atoms with Gasteiger partial charge in [-0.1, -0.05) is 51.4 Å². The van der Waals surface area contributed by atoms with Crippen molar-refractivity contribution >= 4 is 11.8 Å². The summed E-state index contributed by atoms with van der Waals surface area (Å²) in [5.74, 6) is -0.0921. The average molecular weight is 350 g/mol. The minimum atomic E-state index is -1.01. The summed E-state index contributed by atoms with van der Waals surface area (Å²) in [4.78, 5) is 26.7. The Labute approximate surface area is 151 Å². The van der Waals surface area contributed by atoms with Crippen LogP contribution in [-0.4, -0.2) is 30.1 Å². The molecule has 3 rings (SSSR count). The number of carbonyl (C=O) groups is 2. The van der Waals surface area contributed by atoms with Crippen molar-refractivity contribution in [3.63, 3.8) is 0 Å². The minimum Gasteiger partial charge on any atom is -0.468 e. The van der Waals surface area contributed by atoms with E-state index < -0.39 is 16.9 Å². The van der Waals surface area contributed by atoms with Gasteiger partial charge in [0.1, 0.15) is 5.41 Å². The van der Waals surface area contributed by atoms with E-state index in [1.807, 2.05) is 0 Å². The van der Waals surface area contributed by atoms with E-state index in [4.69, 9.17) is 4.74 Å². The Morgan fingerprint density at radius 2 is 1.56 bits per heavy atom. The molecule has 0 unspecified atom stereocenters. The van der Waals surface area contributed by atoms with Crippen molar-refractivity contribution in [2.45, 2.75) is 96.0 Å². The number of aliphatic hydroxyl groups excluding tert-OH is 1. The van der Waals surface area contributed by atoms with Crippen molar-refractivity contribution in [1.82, 2.24) is 0 Å². The first-order valence-corrected chi connectivity index (χ1v) is 10.4. The van der Waals surface area contributed by atoms with E-state index in [2.05, 4.69) is 0 Å². The van der Waals surface area contributed by atoms with Crippen molar-refractivity contribution < 1.29 is 19.4 Å². The number of esters is 1. The van der Waals surface area contributed by atoms with Crippen LogP contribution in [0.15, 0.2) is 0 Å². The Balaban J connectivity index is 2.01. The largest absolute Gasteiger partial charge is 0.468 e. The predicted octanol–water partition coefficient (Wildman–Crippen LogP) is 4.18. The molecule has 4 heteroatoms. The van der Waals surface area contributed by atoms with Gasteiger partial charge >= 0.3 is 5.97 Å².